The maximum Gasteiger partial charge on any atom is 0.249 e. The van der Waals surface area contributed by atoms with Gasteiger partial charge in [-0.1, -0.05) is 0 Å². The second-order valence-corrected chi connectivity index (χ2v) is 2.42. The lowest BCUT2D eigenvalue weighted by molar-refractivity contribution is -0.391. The van der Waals surface area contributed by atoms with E-state index in [1.807, 2.05) is 0 Å². The van der Waals surface area contributed by atoms with E-state index in [9.17, 15) is 8.78 Å². The van der Waals surface area contributed by atoms with Gasteiger partial charge in [0.25, 0.3) is 0 Å². The Bertz CT molecular complexity index is 89.0. The molecule has 1 aliphatic rings. The maximum atomic E-state index is 11.9. The van der Waals surface area contributed by atoms with Gasteiger partial charge in [-0.15, -0.1) is 0 Å². The highest BCUT2D eigenvalue weighted by atomic mass is 35.5. The van der Waals surface area contributed by atoms with Gasteiger partial charge in [0.2, 0.25) is 5.92 Å². The molecule has 0 aliphatic heterocycles. The van der Waals surface area contributed by atoms with Crippen LogP contribution >= 0.6 is 0 Å². The second-order valence-electron chi connectivity index (χ2n) is 2.42. The van der Waals surface area contributed by atoms with Crippen LogP contribution in [0.2, 0.25) is 0 Å². The topological polar surface area (TPSA) is 27.6 Å². The van der Waals surface area contributed by atoms with Gasteiger partial charge in [0.15, 0.2) is 0 Å². The molecule has 0 amide bonds. The lowest BCUT2D eigenvalue weighted by Gasteiger charge is -2.32. The summed E-state index contributed by atoms with van der Waals surface area (Å²) in [6.45, 7) is 0.662. The summed E-state index contributed by atoms with van der Waals surface area (Å²) in [4.78, 5) is 0. The quantitative estimate of drug-likeness (QED) is 0.429. The normalized spacial score (nSPS) is 24.3. The van der Waals surface area contributed by atoms with Crippen LogP contribution in [0.25, 0.3) is 0 Å². The molecule has 0 unspecified atom stereocenters. The molecule has 1 nitrogen and oxygen atoms in total. The number of rotatable bonds is 1. The molecule has 0 spiro atoms. The van der Waals surface area contributed by atoms with Crippen LogP contribution in [-0.2, 0) is 0 Å². The van der Waals surface area contributed by atoms with Crippen molar-refractivity contribution in [2.24, 2.45) is 5.92 Å². The Labute approximate surface area is 59.0 Å². The van der Waals surface area contributed by atoms with E-state index >= 15 is 0 Å². The number of quaternary nitrogens is 1. The molecule has 1 aliphatic carbocycles. The predicted molar refractivity (Wildman–Crippen MR) is 25.4 cm³/mol. The van der Waals surface area contributed by atoms with Crippen LogP contribution in [-0.4, -0.2) is 12.5 Å². The first kappa shape index (κ1) is 9.11. The molecule has 1 saturated carbocycles. The molecule has 4 heteroatoms. The largest absolute Gasteiger partial charge is 1.00 e. The van der Waals surface area contributed by atoms with Gasteiger partial charge >= 0.3 is 0 Å². The Kier molecular flexibility index (Phi) is 2.83. The molecule has 0 heterocycles. The van der Waals surface area contributed by atoms with E-state index in [0.717, 1.165) is 0 Å². The summed E-state index contributed by atoms with van der Waals surface area (Å²) in [7, 11) is 0. The Morgan fingerprint density at radius 3 is 2.00 bits per heavy atom. The molecule has 56 valence electrons. The predicted octanol–water partition coefficient (Wildman–Crippen LogP) is -2.72. The minimum Gasteiger partial charge on any atom is -1.00 e. The molecule has 1 fully saturated rings. The summed E-state index contributed by atoms with van der Waals surface area (Å²) in [5, 5.41) is 0. The molecule has 0 aromatic heterocycles. The summed E-state index contributed by atoms with van der Waals surface area (Å²) in [6.07, 6.45) is 0.132. The number of halogens is 3. The first-order valence-corrected chi connectivity index (χ1v) is 2.81. The maximum absolute atomic E-state index is 11.9. The molecular formula is C5H10ClF2N. The fourth-order valence-electron chi connectivity index (χ4n) is 0.989. The van der Waals surface area contributed by atoms with Gasteiger partial charge in [0.1, 0.15) is 0 Å². The second kappa shape index (κ2) is 2.80. The van der Waals surface area contributed by atoms with E-state index in [1.165, 1.54) is 0 Å². The minimum absolute atomic E-state index is 0. The third kappa shape index (κ3) is 2.06. The third-order valence-electron chi connectivity index (χ3n) is 1.58. The SMILES string of the molecule is [Cl-].[NH3+]CC1CC(F)(F)C1. The number of hydrogen-bond donors (Lipinski definition) is 1. The van der Waals surface area contributed by atoms with Crippen LogP contribution in [0.3, 0.4) is 0 Å². The monoisotopic (exact) mass is 157 g/mol. The van der Waals surface area contributed by atoms with Gasteiger partial charge < -0.3 is 18.1 Å². The molecule has 1 rings (SSSR count). The van der Waals surface area contributed by atoms with Gasteiger partial charge in [0, 0.05) is 18.8 Å². The highest BCUT2D eigenvalue weighted by molar-refractivity contribution is 4.84. The van der Waals surface area contributed by atoms with Crippen molar-refractivity contribution >= 4 is 0 Å². The standard InChI is InChI=1S/C5H9F2N.ClH/c6-5(7)1-4(2-5)3-8;/h4H,1-3,8H2;1H. The van der Waals surface area contributed by atoms with Crippen molar-refractivity contribution in [2.45, 2.75) is 18.8 Å². The Hall–Kier alpha value is 0.110. The lowest BCUT2D eigenvalue weighted by Crippen LogP contribution is -3.00. The van der Waals surface area contributed by atoms with Crippen molar-refractivity contribution < 1.29 is 26.9 Å². The van der Waals surface area contributed by atoms with E-state index in [2.05, 4.69) is 5.73 Å². The van der Waals surface area contributed by atoms with Crippen molar-refractivity contribution in [1.29, 1.82) is 0 Å². The zero-order valence-electron chi connectivity index (χ0n) is 5.04. The summed E-state index contributed by atoms with van der Waals surface area (Å²) < 4.78 is 23.9. The summed E-state index contributed by atoms with van der Waals surface area (Å²) in [5.74, 6) is -2.15. The van der Waals surface area contributed by atoms with Crippen LogP contribution in [0.15, 0.2) is 0 Å². The zero-order valence-corrected chi connectivity index (χ0v) is 5.80. The van der Waals surface area contributed by atoms with E-state index in [-0.39, 0.29) is 31.2 Å². The Balaban J connectivity index is 0.000000640. The van der Waals surface area contributed by atoms with E-state index < -0.39 is 5.92 Å². The van der Waals surface area contributed by atoms with Crippen molar-refractivity contribution in [3.8, 4) is 0 Å². The van der Waals surface area contributed by atoms with Gasteiger partial charge in [0.05, 0.1) is 6.54 Å². The first-order chi connectivity index (χ1) is 3.64. The van der Waals surface area contributed by atoms with Crippen molar-refractivity contribution in [2.75, 3.05) is 6.54 Å². The Morgan fingerprint density at radius 2 is 1.89 bits per heavy atom. The van der Waals surface area contributed by atoms with Crippen LogP contribution in [0, 0.1) is 5.92 Å². The highest BCUT2D eigenvalue weighted by Crippen LogP contribution is 2.41. The molecule has 0 bridgehead atoms. The first-order valence-electron chi connectivity index (χ1n) is 2.81. The fraction of sp³-hybridized carbons (Fsp3) is 1.00. The van der Waals surface area contributed by atoms with Gasteiger partial charge in [-0.2, -0.15) is 0 Å². The lowest BCUT2D eigenvalue weighted by atomic mass is 9.82. The smallest absolute Gasteiger partial charge is 0.249 e. The van der Waals surface area contributed by atoms with Crippen molar-refractivity contribution in [1.82, 2.24) is 0 Å². The van der Waals surface area contributed by atoms with E-state index in [1.54, 1.807) is 0 Å². The van der Waals surface area contributed by atoms with E-state index in [0.29, 0.717) is 6.54 Å². The van der Waals surface area contributed by atoms with Crippen molar-refractivity contribution in [3.63, 3.8) is 0 Å². The minimum atomic E-state index is -2.34. The Morgan fingerprint density at radius 1 is 1.44 bits per heavy atom. The number of alkyl halides is 2. The van der Waals surface area contributed by atoms with Gasteiger partial charge in [-0.05, 0) is 0 Å². The molecule has 0 aromatic carbocycles. The van der Waals surface area contributed by atoms with Crippen LogP contribution in [0.4, 0.5) is 8.78 Å². The molecule has 0 radical (unpaired) electrons. The zero-order chi connectivity index (χ0) is 6.20. The number of hydrogen-bond acceptors (Lipinski definition) is 0. The van der Waals surface area contributed by atoms with Crippen molar-refractivity contribution in [3.05, 3.63) is 0 Å². The third-order valence-corrected chi connectivity index (χ3v) is 1.58. The van der Waals surface area contributed by atoms with Crippen LogP contribution in [0.5, 0.6) is 0 Å². The summed E-state index contributed by atoms with van der Waals surface area (Å²) in [5.41, 5.74) is 3.54. The molecular weight excluding hydrogens is 148 g/mol. The van der Waals surface area contributed by atoms with E-state index in [4.69, 9.17) is 0 Å². The van der Waals surface area contributed by atoms with Gasteiger partial charge in [-0.3, -0.25) is 0 Å². The summed E-state index contributed by atoms with van der Waals surface area (Å²) >= 11 is 0. The highest BCUT2D eigenvalue weighted by Gasteiger charge is 2.45. The molecule has 0 aromatic rings. The average Bonchev–Trinajstić information content (AvgIpc) is 1.60. The van der Waals surface area contributed by atoms with Gasteiger partial charge in [-0.25, -0.2) is 8.78 Å². The van der Waals surface area contributed by atoms with Crippen LogP contribution in [0.1, 0.15) is 12.8 Å². The summed E-state index contributed by atoms with van der Waals surface area (Å²) in [6, 6.07) is 0. The van der Waals surface area contributed by atoms with Crippen LogP contribution < -0.4 is 18.1 Å². The molecule has 9 heavy (non-hydrogen) atoms. The molecule has 0 atom stereocenters. The average molecular weight is 158 g/mol. The molecule has 0 saturated heterocycles. The fourth-order valence-corrected chi connectivity index (χ4v) is 0.989. The molecule has 3 N–H and O–H groups in total.